The Morgan fingerprint density at radius 1 is 1.44 bits per heavy atom. The van der Waals surface area contributed by atoms with Crippen molar-refractivity contribution < 1.29 is 4.74 Å². The molecule has 0 amide bonds. The van der Waals surface area contributed by atoms with E-state index < -0.39 is 0 Å². The van der Waals surface area contributed by atoms with E-state index >= 15 is 0 Å². The van der Waals surface area contributed by atoms with Crippen LogP contribution in [0.15, 0.2) is 23.1 Å². The minimum atomic E-state index is -0.100. The minimum Gasteiger partial charge on any atom is -0.357 e. The number of nitrogens with one attached hydrogen (secondary N) is 1. The molecule has 1 saturated heterocycles. The lowest BCUT2D eigenvalue weighted by Crippen LogP contribution is -2.18. The van der Waals surface area contributed by atoms with E-state index in [0.717, 1.165) is 36.9 Å². The van der Waals surface area contributed by atoms with Gasteiger partial charge in [-0.3, -0.25) is 4.79 Å². The zero-order chi connectivity index (χ0) is 11.0. The third-order valence-corrected chi connectivity index (χ3v) is 2.86. The number of aromatic nitrogens is 3. The van der Waals surface area contributed by atoms with Gasteiger partial charge in [-0.25, -0.2) is 4.68 Å². The second-order valence-electron chi connectivity index (χ2n) is 4.05. The topological polar surface area (TPSA) is 59.9 Å². The van der Waals surface area contributed by atoms with Crippen LogP contribution in [-0.2, 0) is 4.74 Å². The lowest BCUT2D eigenvalue weighted by Gasteiger charge is -2.22. The molecule has 3 heterocycles. The van der Waals surface area contributed by atoms with Gasteiger partial charge in [-0.2, -0.15) is 5.10 Å². The number of rotatable bonds is 1. The summed E-state index contributed by atoms with van der Waals surface area (Å²) in [6.07, 6.45) is 5.13. The second kappa shape index (κ2) is 3.75. The first-order chi connectivity index (χ1) is 7.83. The molecule has 0 aliphatic carbocycles. The Hall–Kier alpha value is -1.62. The smallest absolute Gasteiger partial charge is 0.248 e. The quantitative estimate of drug-likeness (QED) is 0.789. The molecule has 84 valence electrons. The van der Waals surface area contributed by atoms with Gasteiger partial charge in [0, 0.05) is 12.7 Å². The van der Waals surface area contributed by atoms with Gasteiger partial charge in [-0.15, -0.1) is 0 Å². The molecule has 0 bridgehead atoms. The first-order valence-electron chi connectivity index (χ1n) is 5.53. The Balaban J connectivity index is 2.00. The van der Waals surface area contributed by atoms with E-state index in [1.165, 1.54) is 6.07 Å². The number of fused-ring (bicyclic) bond motifs is 1. The van der Waals surface area contributed by atoms with E-state index in [1.807, 2.05) is 6.20 Å². The molecule has 1 aliphatic rings. The molecule has 3 rings (SSSR count). The fraction of sp³-hybridized carbons (Fsp3) is 0.455. The Morgan fingerprint density at radius 2 is 2.38 bits per heavy atom. The van der Waals surface area contributed by atoms with Crippen molar-refractivity contribution >= 4 is 11.0 Å². The number of ether oxygens (including phenoxy) is 1. The van der Waals surface area contributed by atoms with Crippen molar-refractivity contribution in [2.24, 2.45) is 0 Å². The monoisotopic (exact) mass is 219 g/mol. The van der Waals surface area contributed by atoms with E-state index in [0.29, 0.717) is 0 Å². The van der Waals surface area contributed by atoms with Gasteiger partial charge in [-0.05, 0) is 25.3 Å². The standard InChI is InChI=1S/C11H13N3O2/c15-10-5-4-8-9(12-10)7-14(13-8)11-3-1-2-6-16-11/h4-5,7,11H,1-3,6H2,(H,12,15). The van der Waals surface area contributed by atoms with Crippen LogP contribution in [0.1, 0.15) is 25.5 Å². The summed E-state index contributed by atoms with van der Waals surface area (Å²) in [6, 6.07) is 3.22. The second-order valence-corrected chi connectivity index (χ2v) is 4.05. The van der Waals surface area contributed by atoms with Gasteiger partial charge in [0.25, 0.3) is 0 Å². The summed E-state index contributed by atoms with van der Waals surface area (Å²) < 4.78 is 7.44. The van der Waals surface area contributed by atoms with Gasteiger partial charge in [0.05, 0.1) is 11.7 Å². The third-order valence-electron chi connectivity index (χ3n) is 2.86. The molecule has 2 aromatic rings. The molecule has 1 N–H and O–H groups in total. The highest BCUT2D eigenvalue weighted by molar-refractivity contribution is 5.72. The molecule has 0 radical (unpaired) electrons. The van der Waals surface area contributed by atoms with Gasteiger partial charge >= 0.3 is 0 Å². The van der Waals surface area contributed by atoms with Crippen LogP contribution in [0.2, 0.25) is 0 Å². The maximum absolute atomic E-state index is 11.1. The summed E-state index contributed by atoms with van der Waals surface area (Å²) in [5, 5.41) is 4.40. The Labute approximate surface area is 92.0 Å². The van der Waals surface area contributed by atoms with Crippen LogP contribution in [0.5, 0.6) is 0 Å². The first-order valence-corrected chi connectivity index (χ1v) is 5.53. The van der Waals surface area contributed by atoms with Crippen LogP contribution in [0.25, 0.3) is 11.0 Å². The molecule has 1 atom stereocenters. The van der Waals surface area contributed by atoms with Crippen molar-refractivity contribution in [2.45, 2.75) is 25.5 Å². The number of nitrogens with zero attached hydrogens (tertiary/aromatic N) is 2. The predicted octanol–water partition coefficient (Wildman–Crippen LogP) is 1.42. The maximum Gasteiger partial charge on any atom is 0.248 e. The van der Waals surface area contributed by atoms with E-state index in [4.69, 9.17) is 4.74 Å². The SMILES string of the molecule is O=c1ccc2nn(C3CCCCO3)cc2[nH]1. The van der Waals surface area contributed by atoms with Gasteiger partial charge in [-0.1, -0.05) is 0 Å². The van der Waals surface area contributed by atoms with Crippen molar-refractivity contribution in [3.63, 3.8) is 0 Å². The molecular weight excluding hydrogens is 206 g/mol. The third kappa shape index (κ3) is 1.63. The summed E-state index contributed by atoms with van der Waals surface area (Å²) in [6.45, 7) is 0.789. The molecule has 5 heteroatoms. The largest absolute Gasteiger partial charge is 0.357 e. The van der Waals surface area contributed by atoms with Crippen LogP contribution in [0.3, 0.4) is 0 Å². The van der Waals surface area contributed by atoms with Crippen molar-refractivity contribution in [1.29, 1.82) is 0 Å². The normalized spacial score (nSPS) is 21.4. The summed E-state index contributed by atoms with van der Waals surface area (Å²) in [7, 11) is 0. The van der Waals surface area contributed by atoms with Crippen LogP contribution >= 0.6 is 0 Å². The zero-order valence-corrected chi connectivity index (χ0v) is 8.85. The summed E-state index contributed by atoms with van der Waals surface area (Å²) in [4.78, 5) is 13.9. The van der Waals surface area contributed by atoms with Gasteiger partial charge in [0.2, 0.25) is 5.56 Å². The van der Waals surface area contributed by atoms with Crippen molar-refractivity contribution in [1.82, 2.24) is 14.8 Å². The summed E-state index contributed by atoms with van der Waals surface area (Å²) in [5.74, 6) is 0. The Bertz CT molecular complexity index is 552. The number of hydrogen-bond acceptors (Lipinski definition) is 3. The van der Waals surface area contributed by atoms with Crippen molar-refractivity contribution in [3.8, 4) is 0 Å². The summed E-state index contributed by atoms with van der Waals surface area (Å²) in [5.41, 5.74) is 1.46. The Morgan fingerprint density at radius 3 is 3.19 bits per heavy atom. The highest BCUT2D eigenvalue weighted by atomic mass is 16.5. The maximum atomic E-state index is 11.1. The lowest BCUT2D eigenvalue weighted by atomic mass is 10.2. The molecule has 16 heavy (non-hydrogen) atoms. The molecule has 0 aromatic carbocycles. The molecule has 1 fully saturated rings. The average Bonchev–Trinajstić information content (AvgIpc) is 2.73. The number of pyridine rings is 1. The van der Waals surface area contributed by atoms with Gasteiger partial charge in [0.15, 0.2) is 0 Å². The average molecular weight is 219 g/mol. The summed E-state index contributed by atoms with van der Waals surface area (Å²) >= 11 is 0. The van der Waals surface area contributed by atoms with Gasteiger partial charge < -0.3 is 9.72 Å². The number of H-pyrrole nitrogens is 1. The fourth-order valence-corrected chi connectivity index (χ4v) is 2.03. The molecule has 0 saturated carbocycles. The molecule has 1 aliphatic heterocycles. The fourth-order valence-electron chi connectivity index (χ4n) is 2.03. The highest BCUT2D eigenvalue weighted by Gasteiger charge is 2.16. The molecular formula is C11H13N3O2. The highest BCUT2D eigenvalue weighted by Crippen LogP contribution is 2.22. The minimum absolute atomic E-state index is 0.0182. The van der Waals surface area contributed by atoms with Crippen LogP contribution in [0, 0.1) is 0 Å². The molecule has 1 unspecified atom stereocenters. The van der Waals surface area contributed by atoms with Crippen LogP contribution < -0.4 is 5.56 Å². The molecule has 5 nitrogen and oxygen atoms in total. The van der Waals surface area contributed by atoms with E-state index in [-0.39, 0.29) is 11.8 Å². The zero-order valence-electron chi connectivity index (χ0n) is 8.85. The van der Waals surface area contributed by atoms with Crippen LogP contribution in [0.4, 0.5) is 0 Å². The first kappa shape index (κ1) is 9.59. The predicted molar refractivity (Wildman–Crippen MR) is 59.2 cm³/mol. The molecule has 2 aromatic heterocycles. The van der Waals surface area contributed by atoms with E-state index in [1.54, 1.807) is 10.7 Å². The number of hydrogen-bond donors (Lipinski definition) is 1. The van der Waals surface area contributed by atoms with E-state index in [2.05, 4.69) is 10.1 Å². The number of aromatic amines is 1. The lowest BCUT2D eigenvalue weighted by molar-refractivity contribution is -0.0390. The Kier molecular flexibility index (Phi) is 2.25. The van der Waals surface area contributed by atoms with Gasteiger partial charge in [0.1, 0.15) is 11.7 Å². The van der Waals surface area contributed by atoms with E-state index in [9.17, 15) is 4.79 Å². The van der Waals surface area contributed by atoms with Crippen LogP contribution in [-0.4, -0.2) is 21.4 Å². The molecule has 0 spiro atoms. The van der Waals surface area contributed by atoms with Crippen molar-refractivity contribution in [2.75, 3.05) is 6.61 Å². The van der Waals surface area contributed by atoms with Crippen molar-refractivity contribution in [3.05, 3.63) is 28.7 Å².